The largest absolute Gasteiger partial charge is 0.381 e. The van der Waals surface area contributed by atoms with Crippen molar-refractivity contribution in [2.45, 2.75) is 44.2 Å². The van der Waals surface area contributed by atoms with Gasteiger partial charge in [-0.3, -0.25) is 4.79 Å². The van der Waals surface area contributed by atoms with Crippen LogP contribution in [0, 0.1) is 0 Å². The number of Topliss-reactive ketones (excluding diaryl/α,β-unsaturated/α-hetero) is 1. The number of hydrogen-bond acceptors (Lipinski definition) is 3. The zero-order valence-electron chi connectivity index (χ0n) is 14.0. The Hall–Kier alpha value is -2.07. The van der Waals surface area contributed by atoms with Gasteiger partial charge in [0, 0.05) is 54.4 Å². The summed E-state index contributed by atoms with van der Waals surface area (Å²) in [5, 5.41) is 1.32. The van der Waals surface area contributed by atoms with Gasteiger partial charge in [0.2, 0.25) is 0 Å². The van der Waals surface area contributed by atoms with Crippen molar-refractivity contribution in [2.24, 2.45) is 0 Å². The number of rotatable bonds is 1. The quantitative estimate of drug-likeness (QED) is 0.874. The van der Waals surface area contributed by atoms with Crippen LogP contribution < -0.4 is 0 Å². The van der Waals surface area contributed by atoms with Crippen molar-refractivity contribution in [2.75, 3.05) is 13.7 Å². The molecule has 0 amide bonds. The Kier molecular flexibility index (Phi) is 3.10. The minimum absolute atomic E-state index is 0.187. The van der Waals surface area contributed by atoms with Crippen LogP contribution >= 0.6 is 0 Å². The lowest BCUT2D eigenvalue weighted by Crippen LogP contribution is -2.42. The average Bonchev–Trinajstić information content (AvgIpc) is 3.01. The molecule has 124 valence electrons. The van der Waals surface area contributed by atoms with Crippen LogP contribution in [-0.4, -0.2) is 35.4 Å². The first-order valence-electron chi connectivity index (χ1n) is 8.90. The smallest absolute Gasteiger partial charge is 0.163 e. The van der Waals surface area contributed by atoms with Crippen LogP contribution in [0.2, 0.25) is 0 Å². The number of ketones is 1. The number of nitrogens with zero attached hydrogens (tertiary/aromatic N) is 1. The molecule has 1 aliphatic carbocycles. The molecule has 3 aliphatic rings. The maximum atomic E-state index is 12.8. The van der Waals surface area contributed by atoms with Gasteiger partial charge in [0.05, 0.1) is 12.1 Å². The number of carbonyl (C=O) groups is 1. The van der Waals surface area contributed by atoms with Gasteiger partial charge in [-0.1, -0.05) is 18.2 Å². The second kappa shape index (κ2) is 5.21. The Balaban J connectivity index is 1.59. The second-order valence-corrected chi connectivity index (χ2v) is 7.18. The zero-order valence-corrected chi connectivity index (χ0v) is 14.0. The minimum atomic E-state index is 0.187. The number of methoxy groups -OCH3 is 1. The van der Waals surface area contributed by atoms with E-state index in [1.165, 1.54) is 27.9 Å². The molecule has 4 nitrogen and oxygen atoms in total. The fraction of sp³-hybridized carbons (Fsp3) is 0.450. The third kappa shape index (κ3) is 1.92. The zero-order chi connectivity index (χ0) is 16.3. The highest BCUT2D eigenvalue weighted by Gasteiger charge is 2.40. The van der Waals surface area contributed by atoms with E-state index < -0.39 is 0 Å². The molecule has 1 aromatic heterocycles. The van der Waals surface area contributed by atoms with Crippen molar-refractivity contribution < 1.29 is 9.53 Å². The van der Waals surface area contributed by atoms with Crippen LogP contribution in [-0.2, 0) is 16.0 Å². The third-order valence-corrected chi connectivity index (χ3v) is 6.04. The summed E-state index contributed by atoms with van der Waals surface area (Å²) in [5.74, 6) is 0.319. The fourth-order valence-electron chi connectivity index (χ4n) is 4.84. The Morgan fingerprint density at radius 2 is 2.08 bits per heavy atom. The molecule has 4 heteroatoms. The normalized spacial score (nSPS) is 26.4. The molecular formula is C20H22N2O2. The Morgan fingerprint density at radius 1 is 1.21 bits per heavy atom. The lowest BCUT2D eigenvalue weighted by molar-refractivity contribution is -0.119. The number of hydrogen-bond donors (Lipinski definition) is 1. The summed E-state index contributed by atoms with van der Waals surface area (Å²) < 4.78 is 5.51. The molecule has 24 heavy (non-hydrogen) atoms. The first-order valence-corrected chi connectivity index (χ1v) is 8.90. The molecule has 0 radical (unpaired) electrons. The van der Waals surface area contributed by atoms with Crippen LogP contribution in [0.25, 0.3) is 10.9 Å². The van der Waals surface area contributed by atoms with Gasteiger partial charge in [-0.05, 0) is 30.9 Å². The number of fused-ring (bicyclic) bond motifs is 6. The monoisotopic (exact) mass is 322 g/mol. The molecule has 0 saturated heterocycles. The highest BCUT2D eigenvalue weighted by atomic mass is 16.5. The summed E-state index contributed by atoms with van der Waals surface area (Å²) in [5.41, 5.74) is 6.18. The molecule has 2 unspecified atom stereocenters. The van der Waals surface area contributed by atoms with Crippen LogP contribution in [0.15, 0.2) is 35.5 Å². The number of carbonyl (C=O) groups excluding carboxylic acids is 1. The Bertz CT molecular complexity index is 864. The Labute approximate surface area is 141 Å². The first-order chi connectivity index (χ1) is 11.8. The highest BCUT2D eigenvalue weighted by Crippen LogP contribution is 2.45. The maximum absolute atomic E-state index is 12.8. The Morgan fingerprint density at radius 3 is 2.96 bits per heavy atom. The molecule has 5 rings (SSSR count). The topological polar surface area (TPSA) is 45.3 Å². The number of allylic oxidation sites excluding steroid dienone is 1. The SMILES string of the molecule is COC1CCC2=C(C1)C(=O)CC1c3[nH]c4ccccc4c3CCN21. The molecule has 3 heterocycles. The highest BCUT2D eigenvalue weighted by molar-refractivity contribution is 5.98. The van der Waals surface area contributed by atoms with E-state index in [-0.39, 0.29) is 12.1 Å². The summed E-state index contributed by atoms with van der Waals surface area (Å²) in [6.45, 7) is 1.02. The molecule has 0 bridgehead atoms. The van der Waals surface area contributed by atoms with Crippen molar-refractivity contribution in [1.82, 2.24) is 9.88 Å². The van der Waals surface area contributed by atoms with Gasteiger partial charge in [-0.2, -0.15) is 0 Å². The van der Waals surface area contributed by atoms with Gasteiger partial charge in [-0.25, -0.2) is 0 Å². The van der Waals surface area contributed by atoms with E-state index in [4.69, 9.17) is 4.74 Å². The van der Waals surface area contributed by atoms with Gasteiger partial charge in [0.25, 0.3) is 0 Å². The molecule has 0 fully saturated rings. The van der Waals surface area contributed by atoms with Crippen molar-refractivity contribution in [1.29, 1.82) is 0 Å². The molecule has 2 atom stereocenters. The van der Waals surface area contributed by atoms with E-state index >= 15 is 0 Å². The maximum Gasteiger partial charge on any atom is 0.163 e. The molecule has 1 aromatic carbocycles. The first kappa shape index (κ1) is 14.3. The number of H-pyrrole nitrogens is 1. The van der Waals surface area contributed by atoms with Crippen molar-refractivity contribution >= 4 is 16.7 Å². The molecule has 0 spiro atoms. The predicted molar refractivity (Wildman–Crippen MR) is 92.7 cm³/mol. The molecule has 2 aliphatic heterocycles. The fourth-order valence-corrected chi connectivity index (χ4v) is 4.84. The lowest BCUT2D eigenvalue weighted by Gasteiger charge is -2.45. The van der Waals surface area contributed by atoms with Gasteiger partial charge < -0.3 is 14.6 Å². The van der Waals surface area contributed by atoms with E-state index in [0.717, 1.165) is 37.8 Å². The number of para-hydroxylation sites is 1. The lowest BCUT2D eigenvalue weighted by atomic mass is 9.81. The van der Waals surface area contributed by atoms with Crippen LogP contribution in [0.3, 0.4) is 0 Å². The van der Waals surface area contributed by atoms with E-state index in [9.17, 15) is 4.79 Å². The number of aromatic nitrogens is 1. The summed E-state index contributed by atoms with van der Waals surface area (Å²) in [6.07, 6.45) is 4.62. The summed E-state index contributed by atoms with van der Waals surface area (Å²) in [4.78, 5) is 18.9. The second-order valence-electron chi connectivity index (χ2n) is 7.18. The van der Waals surface area contributed by atoms with Crippen LogP contribution in [0.5, 0.6) is 0 Å². The molecule has 0 saturated carbocycles. The minimum Gasteiger partial charge on any atom is -0.381 e. The van der Waals surface area contributed by atoms with Gasteiger partial charge in [0.15, 0.2) is 5.78 Å². The number of aromatic amines is 1. The van der Waals surface area contributed by atoms with E-state index in [0.29, 0.717) is 12.2 Å². The van der Waals surface area contributed by atoms with Crippen LogP contribution in [0.4, 0.5) is 0 Å². The van der Waals surface area contributed by atoms with Crippen molar-refractivity contribution in [3.63, 3.8) is 0 Å². The number of ether oxygens (including phenoxy) is 1. The summed E-state index contributed by atoms with van der Waals surface area (Å²) >= 11 is 0. The van der Waals surface area contributed by atoms with Crippen molar-refractivity contribution in [3.05, 3.63) is 46.8 Å². The third-order valence-electron chi connectivity index (χ3n) is 6.04. The van der Waals surface area contributed by atoms with E-state index in [1.54, 1.807) is 7.11 Å². The van der Waals surface area contributed by atoms with E-state index in [2.05, 4.69) is 34.1 Å². The van der Waals surface area contributed by atoms with Crippen LogP contribution in [0.1, 0.15) is 43.0 Å². The van der Waals surface area contributed by atoms with E-state index in [1.807, 2.05) is 0 Å². The summed E-state index contributed by atoms with van der Waals surface area (Å²) in [6, 6.07) is 8.69. The molecule has 1 N–H and O–H groups in total. The number of benzene rings is 1. The number of nitrogens with one attached hydrogen (secondary N) is 1. The molecular weight excluding hydrogens is 300 g/mol. The van der Waals surface area contributed by atoms with Gasteiger partial charge >= 0.3 is 0 Å². The molecule has 2 aromatic rings. The summed E-state index contributed by atoms with van der Waals surface area (Å²) in [7, 11) is 1.75. The van der Waals surface area contributed by atoms with Gasteiger partial charge in [-0.15, -0.1) is 0 Å². The van der Waals surface area contributed by atoms with Crippen molar-refractivity contribution in [3.8, 4) is 0 Å². The standard InChI is InChI=1S/C20H22N2O2/c1-24-12-6-7-17-15(10-12)19(23)11-18-20-14(8-9-22(17)18)13-4-2-3-5-16(13)21-20/h2-5,12,18,21H,6-11H2,1H3. The van der Waals surface area contributed by atoms with Gasteiger partial charge in [0.1, 0.15) is 0 Å². The predicted octanol–water partition coefficient (Wildman–Crippen LogP) is 3.49. The average molecular weight is 322 g/mol.